The van der Waals surface area contributed by atoms with E-state index in [4.69, 9.17) is 22.3 Å². The molecule has 2 N–H and O–H groups in total. The van der Waals surface area contributed by atoms with E-state index in [1.54, 1.807) is 45.4 Å². The molecule has 0 atom stereocenters. The molecule has 0 unspecified atom stereocenters. The predicted molar refractivity (Wildman–Crippen MR) is 116 cm³/mol. The molecule has 0 saturated heterocycles. The lowest BCUT2D eigenvalue weighted by Crippen LogP contribution is -2.23. The molecule has 7 heteroatoms. The normalized spacial score (nSPS) is 11.3. The Morgan fingerprint density at radius 3 is 2.70 bits per heavy atom. The fourth-order valence-corrected chi connectivity index (χ4v) is 5.02. The van der Waals surface area contributed by atoms with Crippen LogP contribution in [0.15, 0.2) is 52.6 Å². The van der Waals surface area contributed by atoms with Gasteiger partial charge in [0.25, 0.3) is 5.56 Å². The molecule has 0 saturated carbocycles. The van der Waals surface area contributed by atoms with Crippen LogP contribution in [0.25, 0.3) is 31.4 Å². The summed E-state index contributed by atoms with van der Waals surface area (Å²) in [6.45, 7) is 1.21. The molecule has 4 nitrogen and oxygen atoms in total. The molecule has 0 aliphatic carbocycles. The first kappa shape index (κ1) is 18.4. The molecule has 0 fully saturated rings. The fraction of sp³-hybridized carbons (Fsp3) is 0.200. The summed E-state index contributed by atoms with van der Waals surface area (Å²) in [5.74, 6) is 0.694. The van der Waals surface area contributed by atoms with Crippen molar-refractivity contribution >= 4 is 45.2 Å². The average Bonchev–Trinajstić information content (AvgIpc) is 3.34. The zero-order valence-corrected chi connectivity index (χ0v) is 16.9. The van der Waals surface area contributed by atoms with E-state index in [9.17, 15) is 4.79 Å². The topological polar surface area (TPSA) is 60.9 Å². The molecule has 4 rings (SSSR count). The van der Waals surface area contributed by atoms with Gasteiger partial charge >= 0.3 is 0 Å². The summed E-state index contributed by atoms with van der Waals surface area (Å²) in [5.41, 5.74) is 6.23. The quantitative estimate of drug-likeness (QED) is 0.437. The van der Waals surface area contributed by atoms with Gasteiger partial charge in [0, 0.05) is 21.3 Å². The Morgan fingerprint density at radius 1 is 1.07 bits per heavy atom. The van der Waals surface area contributed by atoms with E-state index in [1.165, 1.54) is 9.75 Å². The van der Waals surface area contributed by atoms with E-state index in [0.29, 0.717) is 34.8 Å². The summed E-state index contributed by atoms with van der Waals surface area (Å²) in [6.07, 6.45) is 1.71. The molecule has 0 bridgehead atoms. The third-order valence-corrected chi connectivity index (χ3v) is 6.73. The van der Waals surface area contributed by atoms with E-state index in [2.05, 4.69) is 17.5 Å². The van der Waals surface area contributed by atoms with Crippen LogP contribution in [0.5, 0.6) is 0 Å². The van der Waals surface area contributed by atoms with E-state index >= 15 is 0 Å². The van der Waals surface area contributed by atoms with Gasteiger partial charge in [-0.05, 0) is 61.2 Å². The molecular weight excluding hydrogens is 398 g/mol. The lowest BCUT2D eigenvalue weighted by atomic mass is 10.2. The second kappa shape index (κ2) is 7.94. The molecule has 0 aliphatic rings. The first-order valence-corrected chi connectivity index (χ1v) is 10.8. The van der Waals surface area contributed by atoms with Gasteiger partial charge in [0.05, 0.1) is 15.8 Å². The Bertz CT molecular complexity index is 1130. The standard InChI is InChI=1S/C20H18ClN3OS2/c21-13-5-6-14-15(12-13)23-19(24(20(14)25)10-2-1-9-22)18-8-7-17(27-18)16-4-3-11-26-16/h3-8,11-12H,1-2,9-10,22H2. The number of thiophene rings is 2. The number of hydrogen-bond acceptors (Lipinski definition) is 5. The first-order chi connectivity index (χ1) is 13.2. The molecule has 1 aromatic carbocycles. The maximum Gasteiger partial charge on any atom is 0.261 e. The van der Waals surface area contributed by atoms with Crippen molar-refractivity contribution in [1.29, 1.82) is 0 Å². The minimum Gasteiger partial charge on any atom is -0.330 e. The highest BCUT2D eigenvalue weighted by atomic mass is 35.5. The van der Waals surface area contributed by atoms with Crippen LogP contribution in [-0.2, 0) is 6.54 Å². The monoisotopic (exact) mass is 415 g/mol. The minimum absolute atomic E-state index is 0.0326. The number of benzene rings is 1. The molecular formula is C20H18ClN3OS2. The largest absolute Gasteiger partial charge is 0.330 e. The van der Waals surface area contributed by atoms with Gasteiger partial charge in [-0.15, -0.1) is 22.7 Å². The van der Waals surface area contributed by atoms with Crippen LogP contribution in [0.2, 0.25) is 5.02 Å². The lowest BCUT2D eigenvalue weighted by Gasteiger charge is -2.12. The van der Waals surface area contributed by atoms with Gasteiger partial charge in [0.2, 0.25) is 0 Å². The highest BCUT2D eigenvalue weighted by Crippen LogP contribution is 2.36. The Balaban J connectivity index is 1.86. The van der Waals surface area contributed by atoms with Gasteiger partial charge in [-0.25, -0.2) is 4.98 Å². The summed E-state index contributed by atoms with van der Waals surface area (Å²) in [4.78, 5) is 21.3. The van der Waals surface area contributed by atoms with Crippen molar-refractivity contribution in [3.63, 3.8) is 0 Å². The highest BCUT2D eigenvalue weighted by Gasteiger charge is 2.15. The summed E-state index contributed by atoms with van der Waals surface area (Å²) >= 11 is 9.48. The third-order valence-electron chi connectivity index (χ3n) is 4.34. The molecule has 3 heterocycles. The smallest absolute Gasteiger partial charge is 0.261 e. The van der Waals surface area contributed by atoms with Crippen LogP contribution in [0.1, 0.15) is 12.8 Å². The Hall–Kier alpha value is -1.99. The molecule has 27 heavy (non-hydrogen) atoms. The van der Waals surface area contributed by atoms with Gasteiger partial charge in [-0.1, -0.05) is 17.7 Å². The zero-order valence-electron chi connectivity index (χ0n) is 14.5. The Labute approximate surface area is 169 Å². The predicted octanol–water partition coefficient (Wildman–Crippen LogP) is 5.25. The number of rotatable bonds is 6. The zero-order chi connectivity index (χ0) is 18.8. The third kappa shape index (κ3) is 3.71. The first-order valence-electron chi connectivity index (χ1n) is 8.71. The van der Waals surface area contributed by atoms with Gasteiger partial charge < -0.3 is 5.73 Å². The molecule has 4 aromatic rings. The average molecular weight is 416 g/mol. The summed E-state index contributed by atoms with van der Waals surface area (Å²) in [5, 5.41) is 3.23. The lowest BCUT2D eigenvalue weighted by molar-refractivity contribution is 0.601. The second-order valence-electron chi connectivity index (χ2n) is 6.19. The number of unbranched alkanes of at least 4 members (excludes halogenated alkanes) is 1. The van der Waals surface area contributed by atoms with Crippen LogP contribution in [0, 0.1) is 0 Å². The van der Waals surface area contributed by atoms with Gasteiger partial charge in [0.1, 0.15) is 0 Å². The Morgan fingerprint density at radius 2 is 1.93 bits per heavy atom. The van der Waals surface area contributed by atoms with Crippen LogP contribution < -0.4 is 11.3 Å². The second-order valence-corrected chi connectivity index (χ2v) is 8.66. The highest BCUT2D eigenvalue weighted by molar-refractivity contribution is 7.23. The SMILES string of the molecule is NCCCCn1c(-c2ccc(-c3cccs3)s2)nc2cc(Cl)ccc2c1=O. The molecule has 138 valence electrons. The molecule has 0 aliphatic heterocycles. The van der Waals surface area contributed by atoms with Gasteiger partial charge in [-0.3, -0.25) is 9.36 Å². The molecule has 0 spiro atoms. The van der Waals surface area contributed by atoms with E-state index in [1.807, 2.05) is 12.1 Å². The molecule has 0 radical (unpaired) electrons. The number of aromatic nitrogens is 2. The summed E-state index contributed by atoms with van der Waals surface area (Å²) < 4.78 is 1.77. The van der Waals surface area contributed by atoms with E-state index in [0.717, 1.165) is 17.7 Å². The number of nitrogens with zero attached hydrogens (tertiary/aromatic N) is 2. The summed E-state index contributed by atoms with van der Waals surface area (Å²) in [7, 11) is 0. The maximum absolute atomic E-state index is 13.1. The molecule has 3 aromatic heterocycles. The van der Waals surface area contributed by atoms with Crippen molar-refractivity contribution in [3.8, 4) is 20.5 Å². The van der Waals surface area contributed by atoms with Crippen molar-refractivity contribution < 1.29 is 0 Å². The number of nitrogens with two attached hydrogens (primary N) is 1. The van der Waals surface area contributed by atoms with Crippen molar-refractivity contribution in [2.24, 2.45) is 5.73 Å². The van der Waals surface area contributed by atoms with Gasteiger partial charge in [-0.2, -0.15) is 0 Å². The summed E-state index contributed by atoms with van der Waals surface area (Å²) in [6, 6.07) is 13.5. The van der Waals surface area contributed by atoms with Crippen molar-refractivity contribution in [2.75, 3.05) is 6.54 Å². The Kier molecular flexibility index (Phi) is 5.41. The van der Waals surface area contributed by atoms with Crippen LogP contribution in [0.3, 0.4) is 0 Å². The van der Waals surface area contributed by atoms with Crippen LogP contribution >= 0.6 is 34.3 Å². The fourth-order valence-electron chi connectivity index (χ4n) is 3.01. The van der Waals surface area contributed by atoms with Gasteiger partial charge in [0.15, 0.2) is 5.82 Å². The number of halogens is 1. The number of fused-ring (bicyclic) bond motifs is 1. The maximum atomic E-state index is 13.1. The molecule has 0 amide bonds. The van der Waals surface area contributed by atoms with Crippen molar-refractivity contribution in [1.82, 2.24) is 9.55 Å². The minimum atomic E-state index is -0.0326. The van der Waals surface area contributed by atoms with Crippen LogP contribution in [-0.4, -0.2) is 16.1 Å². The van der Waals surface area contributed by atoms with Crippen LogP contribution in [0.4, 0.5) is 0 Å². The van der Waals surface area contributed by atoms with E-state index < -0.39 is 0 Å². The van der Waals surface area contributed by atoms with Crippen molar-refractivity contribution in [3.05, 3.63) is 63.2 Å². The number of hydrogen-bond donors (Lipinski definition) is 1. The van der Waals surface area contributed by atoms with E-state index in [-0.39, 0.29) is 5.56 Å². The van der Waals surface area contributed by atoms with Crippen molar-refractivity contribution in [2.45, 2.75) is 19.4 Å².